The molecule has 1 aromatic carbocycles. The van der Waals surface area contributed by atoms with Crippen molar-refractivity contribution in [2.45, 2.75) is 13.3 Å². The molecular formula is C13H13F2NO. The number of rotatable bonds is 2. The summed E-state index contributed by atoms with van der Waals surface area (Å²) in [5.41, 5.74) is 0.251. The van der Waals surface area contributed by atoms with Crippen molar-refractivity contribution in [2.24, 2.45) is 5.92 Å². The van der Waals surface area contributed by atoms with Crippen LogP contribution in [0.2, 0.25) is 0 Å². The van der Waals surface area contributed by atoms with E-state index in [0.717, 1.165) is 0 Å². The molecule has 1 aromatic rings. The van der Waals surface area contributed by atoms with Crippen LogP contribution in [0.1, 0.15) is 12.0 Å². The molecule has 1 aliphatic rings. The van der Waals surface area contributed by atoms with Gasteiger partial charge in [0.15, 0.2) is 0 Å². The van der Waals surface area contributed by atoms with Gasteiger partial charge >= 0.3 is 0 Å². The zero-order valence-electron chi connectivity index (χ0n) is 9.54. The molecule has 0 aromatic heterocycles. The van der Waals surface area contributed by atoms with E-state index in [1.54, 1.807) is 6.08 Å². The Morgan fingerprint density at radius 3 is 2.47 bits per heavy atom. The second-order valence-electron chi connectivity index (χ2n) is 4.24. The number of carbonyl (C=O) groups is 1. The summed E-state index contributed by atoms with van der Waals surface area (Å²) < 4.78 is 26.8. The molecule has 0 aliphatic carbocycles. The van der Waals surface area contributed by atoms with E-state index in [1.807, 2.05) is 0 Å². The lowest BCUT2D eigenvalue weighted by molar-refractivity contribution is -0.117. The topological polar surface area (TPSA) is 20.3 Å². The van der Waals surface area contributed by atoms with Crippen LogP contribution in [0.5, 0.6) is 0 Å². The van der Waals surface area contributed by atoms with Gasteiger partial charge < -0.3 is 4.90 Å². The van der Waals surface area contributed by atoms with Crippen LogP contribution in [0.3, 0.4) is 0 Å². The third-order valence-corrected chi connectivity index (χ3v) is 3.07. The first-order chi connectivity index (χ1) is 8.02. The lowest BCUT2D eigenvalue weighted by Crippen LogP contribution is -2.24. The van der Waals surface area contributed by atoms with Crippen LogP contribution in [-0.4, -0.2) is 12.5 Å². The molecule has 1 amide bonds. The van der Waals surface area contributed by atoms with E-state index in [0.29, 0.717) is 13.0 Å². The van der Waals surface area contributed by atoms with Crippen molar-refractivity contribution in [3.8, 4) is 0 Å². The van der Waals surface area contributed by atoms with Gasteiger partial charge in [-0.05, 0) is 19.1 Å². The van der Waals surface area contributed by atoms with Crippen molar-refractivity contribution in [1.82, 2.24) is 0 Å². The van der Waals surface area contributed by atoms with Crippen LogP contribution in [0, 0.1) is 24.5 Å². The minimum Gasteiger partial charge on any atom is -0.312 e. The van der Waals surface area contributed by atoms with Crippen LogP contribution >= 0.6 is 0 Å². The molecule has 2 rings (SSSR count). The fourth-order valence-electron chi connectivity index (χ4n) is 1.93. The molecule has 0 bridgehead atoms. The average molecular weight is 237 g/mol. The highest BCUT2D eigenvalue weighted by molar-refractivity contribution is 5.96. The van der Waals surface area contributed by atoms with E-state index in [4.69, 9.17) is 0 Å². The minimum absolute atomic E-state index is 0.0272. The Kier molecular flexibility index (Phi) is 2.96. The number of hydrogen-bond acceptors (Lipinski definition) is 1. The Labute approximate surface area is 98.5 Å². The highest BCUT2D eigenvalue weighted by atomic mass is 19.1. The van der Waals surface area contributed by atoms with Gasteiger partial charge in [-0.3, -0.25) is 4.79 Å². The maximum absolute atomic E-state index is 13.4. The summed E-state index contributed by atoms with van der Waals surface area (Å²) in [5.74, 6) is -1.34. The van der Waals surface area contributed by atoms with E-state index in [2.05, 4.69) is 6.58 Å². The van der Waals surface area contributed by atoms with Gasteiger partial charge in [-0.25, -0.2) is 8.78 Å². The van der Waals surface area contributed by atoms with Gasteiger partial charge in [-0.1, -0.05) is 6.08 Å². The van der Waals surface area contributed by atoms with Crippen LogP contribution in [0.25, 0.3) is 0 Å². The summed E-state index contributed by atoms with van der Waals surface area (Å²) in [6.45, 7) is 5.43. The molecule has 0 spiro atoms. The molecule has 1 saturated heterocycles. The number of carbonyl (C=O) groups excluding carboxylic acids is 1. The van der Waals surface area contributed by atoms with Crippen molar-refractivity contribution < 1.29 is 13.6 Å². The smallest absolute Gasteiger partial charge is 0.227 e. The van der Waals surface area contributed by atoms with Gasteiger partial charge in [-0.15, -0.1) is 6.58 Å². The van der Waals surface area contributed by atoms with Gasteiger partial charge in [0.1, 0.15) is 11.6 Å². The van der Waals surface area contributed by atoms with Gasteiger partial charge in [0, 0.05) is 30.1 Å². The molecule has 90 valence electrons. The standard InChI is InChI=1S/C13H13F2NO/c1-3-9-4-13(17)16(7-9)10-5-11(14)8(2)12(15)6-10/h3,5-6,9H,1,4,7H2,2H3. The van der Waals surface area contributed by atoms with E-state index in [9.17, 15) is 13.6 Å². The first-order valence-corrected chi connectivity index (χ1v) is 5.41. The van der Waals surface area contributed by atoms with E-state index in [1.165, 1.54) is 24.0 Å². The first-order valence-electron chi connectivity index (χ1n) is 5.41. The largest absolute Gasteiger partial charge is 0.312 e. The Morgan fingerprint density at radius 2 is 2.00 bits per heavy atom. The van der Waals surface area contributed by atoms with Crippen molar-refractivity contribution in [1.29, 1.82) is 0 Å². The summed E-state index contributed by atoms with van der Waals surface area (Å²) >= 11 is 0. The summed E-state index contributed by atoms with van der Waals surface area (Å²) in [5, 5.41) is 0. The Balaban J connectivity index is 2.35. The summed E-state index contributed by atoms with van der Waals surface area (Å²) in [7, 11) is 0. The predicted molar refractivity (Wildman–Crippen MR) is 61.8 cm³/mol. The molecule has 1 heterocycles. The fraction of sp³-hybridized carbons (Fsp3) is 0.308. The third kappa shape index (κ3) is 2.07. The predicted octanol–water partition coefficient (Wildman–Crippen LogP) is 2.81. The SMILES string of the molecule is C=CC1CC(=O)N(c2cc(F)c(C)c(F)c2)C1. The van der Waals surface area contributed by atoms with E-state index in [-0.39, 0.29) is 23.1 Å². The molecule has 0 radical (unpaired) electrons. The molecule has 2 nitrogen and oxygen atoms in total. The summed E-state index contributed by atoms with van der Waals surface area (Å²) in [6.07, 6.45) is 2.04. The van der Waals surface area contributed by atoms with Crippen molar-refractivity contribution >= 4 is 11.6 Å². The van der Waals surface area contributed by atoms with E-state index < -0.39 is 11.6 Å². The fourth-order valence-corrected chi connectivity index (χ4v) is 1.93. The number of benzene rings is 1. The molecule has 0 saturated carbocycles. The van der Waals surface area contributed by atoms with Gasteiger partial charge in [0.2, 0.25) is 5.91 Å². The second-order valence-corrected chi connectivity index (χ2v) is 4.24. The summed E-state index contributed by atoms with van der Waals surface area (Å²) in [4.78, 5) is 13.1. The molecular weight excluding hydrogens is 224 g/mol. The van der Waals surface area contributed by atoms with Crippen molar-refractivity contribution in [3.05, 3.63) is 42.0 Å². The number of anilines is 1. The van der Waals surface area contributed by atoms with Crippen LogP contribution in [-0.2, 0) is 4.79 Å². The first kappa shape index (κ1) is 11.8. The molecule has 1 unspecified atom stereocenters. The lowest BCUT2D eigenvalue weighted by Gasteiger charge is -2.17. The summed E-state index contributed by atoms with van der Waals surface area (Å²) in [6, 6.07) is 2.39. The normalized spacial score (nSPS) is 19.8. The third-order valence-electron chi connectivity index (χ3n) is 3.07. The van der Waals surface area contributed by atoms with Gasteiger partial charge in [0.25, 0.3) is 0 Å². The molecule has 4 heteroatoms. The molecule has 1 atom stereocenters. The number of amides is 1. The molecule has 17 heavy (non-hydrogen) atoms. The van der Waals surface area contributed by atoms with Gasteiger partial charge in [-0.2, -0.15) is 0 Å². The molecule has 1 fully saturated rings. The average Bonchev–Trinajstić information content (AvgIpc) is 2.67. The van der Waals surface area contributed by atoms with Crippen molar-refractivity contribution in [3.63, 3.8) is 0 Å². The molecule has 1 aliphatic heterocycles. The van der Waals surface area contributed by atoms with Crippen LogP contribution in [0.4, 0.5) is 14.5 Å². The van der Waals surface area contributed by atoms with Gasteiger partial charge in [0.05, 0.1) is 0 Å². The highest BCUT2D eigenvalue weighted by Gasteiger charge is 2.29. The zero-order chi connectivity index (χ0) is 12.6. The minimum atomic E-state index is -0.630. The number of nitrogens with zero attached hydrogens (tertiary/aromatic N) is 1. The quantitative estimate of drug-likeness (QED) is 0.724. The van der Waals surface area contributed by atoms with Crippen molar-refractivity contribution in [2.75, 3.05) is 11.4 Å². The zero-order valence-corrected chi connectivity index (χ0v) is 9.54. The van der Waals surface area contributed by atoms with Crippen LogP contribution in [0.15, 0.2) is 24.8 Å². The molecule has 0 N–H and O–H groups in total. The maximum Gasteiger partial charge on any atom is 0.227 e. The Hall–Kier alpha value is -1.71. The second kappa shape index (κ2) is 4.28. The van der Waals surface area contributed by atoms with E-state index >= 15 is 0 Å². The highest BCUT2D eigenvalue weighted by Crippen LogP contribution is 2.28. The monoisotopic (exact) mass is 237 g/mol. The maximum atomic E-state index is 13.4. The number of hydrogen-bond donors (Lipinski definition) is 0. The lowest BCUT2D eigenvalue weighted by atomic mass is 10.1. The number of halogens is 2. The Morgan fingerprint density at radius 1 is 1.41 bits per heavy atom. The Bertz CT molecular complexity index is 461. The van der Waals surface area contributed by atoms with Crippen LogP contribution < -0.4 is 4.90 Å².